The van der Waals surface area contributed by atoms with Gasteiger partial charge in [-0.3, -0.25) is 4.79 Å². The van der Waals surface area contributed by atoms with Gasteiger partial charge in [0.15, 0.2) is 6.61 Å². The van der Waals surface area contributed by atoms with Crippen LogP contribution < -0.4 is 5.32 Å². The molecule has 0 radical (unpaired) electrons. The fraction of sp³-hybridized carbons (Fsp3) is 0.400. The summed E-state index contributed by atoms with van der Waals surface area (Å²) in [6.07, 6.45) is 0. The zero-order valence-electron chi connectivity index (χ0n) is 12.4. The highest BCUT2D eigenvalue weighted by Crippen LogP contribution is 2.21. The molecule has 0 aliphatic carbocycles. The number of ether oxygens (including phenoxy) is 1. The third kappa shape index (κ3) is 4.72. The summed E-state index contributed by atoms with van der Waals surface area (Å²) >= 11 is 9.14. The van der Waals surface area contributed by atoms with Crippen LogP contribution in [0.15, 0.2) is 22.7 Å². The van der Waals surface area contributed by atoms with Crippen LogP contribution in [0.25, 0.3) is 0 Å². The number of halogens is 2. The SMILES string of the molecule is CC(C)[C@](C)(C#N)NC(=O)COC(=O)c1cc(Br)ccc1Cl. The second-order valence-electron chi connectivity index (χ2n) is 5.22. The van der Waals surface area contributed by atoms with E-state index in [-0.39, 0.29) is 16.5 Å². The predicted molar refractivity (Wildman–Crippen MR) is 86.4 cm³/mol. The number of esters is 1. The van der Waals surface area contributed by atoms with E-state index in [4.69, 9.17) is 21.6 Å². The zero-order valence-corrected chi connectivity index (χ0v) is 14.8. The number of nitrogens with one attached hydrogen (secondary N) is 1. The van der Waals surface area contributed by atoms with Crippen molar-refractivity contribution in [1.29, 1.82) is 5.26 Å². The predicted octanol–water partition coefficient (Wildman–Crippen LogP) is 3.31. The standard InChI is InChI=1S/C15H16BrClN2O3/c1-9(2)15(3,8-18)19-13(20)7-22-14(21)11-6-10(16)4-5-12(11)17/h4-6,9H,7H2,1-3H3,(H,19,20)/t15-/m0/s1. The van der Waals surface area contributed by atoms with Gasteiger partial charge in [0.25, 0.3) is 5.91 Å². The van der Waals surface area contributed by atoms with Crippen LogP contribution in [0.2, 0.25) is 5.02 Å². The number of carbonyl (C=O) groups excluding carboxylic acids is 2. The van der Waals surface area contributed by atoms with Gasteiger partial charge >= 0.3 is 5.97 Å². The molecular weight excluding hydrogens is 372 g/mol. The van der Waals surface area contributed by atoms with E-state index in [2.05, 4.69) is 21.2 Å². The summed E-state index contributed by atoms with van der Waals surface area (Å²) in [5, 5.41) is 11.9. The molecule has 118 valence electrons. The normalized spacial score (nSPS) is 13.1. The summed E-state index contributed by atoms with van der Waals surface area (Å²) in [5.41, 5.74) is -0.854. The third-order valence-corrected chi connectivity index (χ3v) is 4.09. The van der Waals surface area contributed by atoms with E-state index in [1.807, 2.05) is 19.9 Å². The van der Waals surface area contributed by atoms with Crippen molar-refractivity contribution in [2.75, 3.05) is 6.61 Å². The van der Waals surface area contributed by atoms with Crippen LogP contribution in [0.1, 0.15) is 31.1 Å². The summed E-state index contributed by atoms with van der Waals surface area (Å²) in [5.74, 6) is -1.33. The average Bonchev–Trinajstić information content (AvgIpc) is 2.46. The van der Waals surface area contributed by atoms with Crippen molar-refractivity contribution in [3.63, 3.8) is 0 Å². The lowest BCUT2D eigenvalue weighted by Crippen LogP contribution is -2.50. The lowest BCUT2D eigenvalue weighted by Gasteiger charge is -2.27. The smallest absolute Gasteiger partial charge is 0.340 e. The molecule has 0 aliphatic rings. The van der Waals surface area contributed by atoms with E-state index >= 15 is 0 Å². The first kappa shape index (κ1) is 18.5. The maximum atomic E-state index is 11.9. The Hall–Kier alpha value is -1.58. The number of rotatable bonds is 5. The molecule has 22 heavy (non-hydrogen) atoms. The van der Waals surface area contributed by atoms with Gasteiger partial charge in [0, 0.05) is 4.47 Å². The number of hydrogen-bond donors (Lipinski definition) is 1. The first-order chi connectivity index (χ1) is 10.2. The van der Waals surface area contributed by atoms with Crippen LogP contribution in [-0.2, 0) is 9.53 Å². The van der Waals surface area contributed by atoms with Crippen molar-refractivity contribution in [2.24, 2.45) is 5.92 Å². The third-order valence-electron chi connectivity index (χ3n) is 3.27. The fourth-order valence-corrected chi connectivity index (χ4v) is 2.05. The van der Waals surface area contributed by atoms with Crippen molar-refractivity contribution < 1.29 is 14.3 Å². The molecule has 0 fully saturated rings. The summed E-state index contributed by atoms with van der Waals surface area (Å²) in [4.78, 5) is 23.7. The van der Waals surface area contributed by atoms with Crippen molar-refractivity contribution in [3.8, 4) is 6.07 Å². The molecule has 1 atom stereocenters. The molecule has 0 aromatic heterocycles. The van der Waals surface area contributed by atoms with Gasteiger partial charge < -0.3 is 10.1 Å². The molecule has 1 N–H and O–H groups in total. The van der Waals surface area contributed by atoms with Crippen molar-refractivity contribution in [2.45, 2.75) is 26.3 Å². The highest BCUT2D eigenvalue weighted by Gasteiger charge is 2.30. The van der Waals surface area contributed by atoms with Crippen molar-refractivity contribution in [1.82, 2.24) is 5.32 Å². The maximum absolute atomic E-state index is 11.9. The molecule has 1 aromatic carbocycles. The summed E-state index contributed by atoms with van der Waals surface area (Å²) < 4.78 is 5.60. The van der Waals surface area contributed by atoms with Crippen LogP contribution in [0.3, 0.4) is 0 Å². The van der Waals surface area contributed by atoms with Crippen LogP contribution >= 0.6 is 27.5 Å². The molecule has 0 saturated heterocycles. The molecule has 0 spiro atoms. The minimum atomic E-state index is -1.02. The Kier molecular flexibility index (Phi) is 6.39. The lowest BCUT2D eigenvalue weighted by molar-refractivity contribution is -0.125. The molecule has 0 aliphatic heterocycles. The van der Waals surface area contributed by atoms with Crippen LogP contribution in [0.4, 0.5) is 0 Å². The number of hydrogen-bond acceptors (Lipinski definition) is 4. The van der Waals surface area contributed by atoms with Gasteiger partial charge in [-0.25, -0.2) is 4.79 Å². The zero-order chi connectivity index (χ0) is 16.9. The fourth-order valence-electron chi connectivity index (χ4n) is 1.49. The summed E-state index contributed by atoms with van der Waals surface area (Å²) in [6.45, 7) is 4.77. The van der Waals surface area contributed by atoms with Gasteiger partial charge in [0.1, 0.15) is 5.54 Å². The highest BCUT2D eigenvalue weighted by atomic mass is 79.9. The molecule has 0 bridgehead atoms. The summed E-state index contributed by atoms with van der Waals surface area (Å²) in [6, 6.07) is 6.79. The minimum Gasteiger partial charge on any atom is -0.452 e. The Bertz CT molecular complexity index is 628. The van der Waals surface area contributed by atoms with Gasteiger partial charge in [-0.05, 0) is 31.0 Å². The number of benzene rings is 1. The van der Waals surface area contributed by atoms with E-state index in [0.717, 1.165) is 0 Å². The largest absolute Gasteiger partial charge is 0.452 e. The molecule has 1 rings (SSSR count). The van der Waals surface area contributed by atoms with E-state index in [1.54, 1.807) is 19.1 Å². The van der Waals surface area contributed by atoms with E-state index < -0.39 is 24.0 Å². The van der Waals surface area contributed by atoms with E-state index in [0.29, 0.717) is 4.47 Å². The lowest BCUT2D eigenvalue weighted by atomic mass is 9.90. The molecule has 1 amide bonds. The van der Waals surface area contributed by atoms with Gasteiger partial charge in [0.2, 0.25) is 0 Å². The van der Waals surface area contributed by atoms with Gasteiger partial charge in [-0.1, -0.05) is 41.4 Å². The Balaban J connectivity index is 2.67. The molecule has 0 heterocycles. The number of nitriles is 1. The van der Waals surface area contributed by atoms with Gasteiger partial charge in [0.05, 0.1) is 16.7 Å². The van der Waals surface area contributed by atoms with Gasteiger partial charge in [-0.2, -0.15) is 5.26 Å². The van der Waals surface area contributed by atoms with E-state index in [9.17, 15) is 9.59 Å². The molecular formula is C15H16BrClN2O3. The van der Waals surface area contributed by atoms with Crippen molar-refractivity contribution in [3.05, 3.63) is 33.3 Å². The quantitative estimate of drug-likeness (QED) is 0.786. The molecule has 5 nitrogen and oxygen atoms in total. The maximum Gasteiger partial charge on any atom is 0.340 e. The second-order valence-corrected chi connectivity index (χ2v) is 6.54. The molecule has 0 unspecified atom stereocenters. The van der Waals surface area contributed by atoms with E-state index in [1.165, 1.54) is 6.07 Å². The van der Waals surface area contributed by atoms with Crippen molar-refractivity contribution >= 4 is 39.4 Å². The highest BCUT2D eigenvalue weighted by molar-refractivity contribution is 9.10. The molecule has 0 saturated carbocycles. The Labute approximate surface area is 142 Å². The molecule has 1 aromatic rings. The Morgan fingerprint density at radius 3 is 2.68 bits per heavy atom. The monoisotopic (exact) mass is 386 g/mol. The van der Waals surface area contributed by atoms with Crippen LogP contribution in [0.5, 0.6) is 0 Å². The second kappa shape index (κ2) is 7.61. The Morgan fingerprint density at radius 1 is 1.50 bits per heavy atom. The average molecular weight is 388 g/mol. The topological polar surface area (TPSA) is 79.2 Å². The van der Waals surface area contributed by atoms with Gasteiger partial charge in [-0.15, -0.1) is 0 Å². The summed E-state index contributed by atoms with van der Waals surface area (Å²) in [7, 11) is 0. The first-order valence-electron chi connectivity index (χ1n) is 6.54. The number of amides is 1. The number of carbonyl (C=O) groups is 2. The van der Waals surface area contributed by atoms with Crippen LogP contribution in [0, 0.1) is 17.2 Å². The minimum absolute atomic E-state index is 0.0864. The number of nitrogens with zero attached hydrogens (tertiary/aromatic N) is 1. The van der Waals surface area contributed by atoms with Crippen LogP contribution in [-0.4, -0.2) is 24.0 Å². The Morgan fingerprint density at radius 2 is 2.14 bits per heavy atom. The molecule has 7 heteroatoms. The first-order valence-corrected chi connectivity index (χ1v) is 7.71.